The average molecular weight is 241 g/mol. The van der Waals surface area contributed by atoms with Crippen molar-refractivity contribution in [2.75, 3.05) is 0 Å². The lowest BCUT2D eigenvalue weighted by molar-refractivity contribution is -0.396. The summed E-state index contributed by atoms with van der Waals surface area (Å²) >= 11 is 0. The van der Waals surface area contributed by atoms with Crippen molar-refractivity contribution in [3.63, 3.8) is 0 Å². The molecule has 0 saturated heterocycles. The maximum Gasteiger partial charge on any atom is 0.318 e. The van der Waals surface area contributed by atoms with E-state index in [-0.39, 0.29) is 12.5 Å². The summed E-state index contributed by atoms with van der Waals surface area (Å²) in [6, 6.07) is 1.89. The number of hydrogen-bond acceptors (Lipinski definition) is 6. The number of rotatable bonds is 4. The summed E-state index contributed by atoms with van der Waals surface area (Å²) in [5.41, 5.74) is 4.49. The van der Waals surface area contributed by atoms with Gasteiger partial charge in [0.2, 0.25) is 0 Å². The maximum atomic E-state index is 10.6. The summed E-state index contributed by atoms with van der Waals surface area (Å²) in [5.74, 6) is -0.937. The number of nitro groups is 2. The first-order chi connectivity index (χ1) is 7.82. The van der Waals surface area contributed by atoms with Crippen LogP contribution in [0.2, 0.25) is 0 Å². The molecular weight excluding hydrogens is 230 g/mol. The highest BCUT2D eigenvalue weighted by Gasteiger charge is 2.26. The largest absolute Gasteiger partial charge is 0.497 e. The molecular formula is C9H11N3O5. The Morgan fingerprint density at radius 3 is 2.00 bits per heavy atom. The number of nitro benzene ring substituents is 2. The number of nitrogens with zero attached hydrogens (tertiary/aromatic N) is 2. The Bertz CT molecular complexity index is 437. The molecule has 92 valence electrons. The van der Waals surface area contributed by atoms with Gasteiger partial charge in [-0.05, 0) is 18.9 Å². The van der Waals surface area contributed by atoms with Crippen LogP contribution in [-0.2, 0) is 6.42 Å². The molecule has 0 fully saturated rings. The van der Waals surface area contributed by atoms with Gasteiger partial charge in [0.05, 0.1) is 9.85 Å². The second-order valence-electron chi connectivity index (χ2n) is 3.68. The van der Waals surface area contributed by atoms with Gasteiger partial charge in [0.25, 0.3) is 5.75 Å². The van der Waals surface area contributed by atoms with Crippen LogP contribution in [0, 0.1) is 20.2 Å². The molecule has 0 saturated carbocycles. The number of hydrogen-bond donors (Lipinski definition) is 2. The zero-order chi connectivity index (χ0) is 13.2. The first kappa shape index (κ1) is 12.8. The fourth-order valence-corrected chi connectivity index (χ4v) is 1.43. The summed E-state index contributed by atoms with van der Waals surface area (Å²) in [4.78, 5) is 19.5. The first-order valence-electron chi connectivity index (χ1n) is 4.73. The molecule has 1 aromatic rings. The van der Waals surface area contributed by atoms with E-state index in [4.69, 9.17) is 5.73 Å². The van der Waals surface area contributed by atoms with E-state index in [2.05, 4.69) is 0 Å². The lowest BCUT2D eigenvalue weighted by Crippen LogP contribution is -2.17. The van der Waals surface area contributed by atoms with Crippen LogP contribution in [0.4, 0.5) is 11.4 Å². The monoisotopic (exact) mass is 241 g/mol. The summed E-state index contributed by atoms with van der Waals surface area (Å²) in [6.07, 6.45) is 0.252. The van der Waals surface area contributed by atoms with E-state index >= 15 is 0 Å². The molecule has 8 nitrogen and oxygen atoms in total. The van der Waals surface area contributed by atoms with Crippen LogP contribution in [0.1, 0.15) is 12.5 Å². The van der Waals surface area contributed by atoms with E-state index in [1.54, 1.807) is 6.92 Å². The number of nitrogens with two attached hydrogens (primary N) is 1. The maximum absolute atomic E-state index is 10.6. The number of aromatic hydroxyl groups is 1. The first-order valence-corrected chi connectivity index (χ1v) is 4.73. The van der Waals surface area contributed by atoms with Crippen molar-refractivity contribution in [3.8, 4) is 5.75 Å². The lowest BCUT2D eigenvalue weighted by Gasteiger charge is -2.06. The van der Waals surface area contributed by atoms with E-state index in [1.165, 1.54) is 0 Å². The minimum absolute atomic E-state index is 0.252. The Kier molecular flexibility index (Phi) is 3.59. The van der Waals surface area contributed by atoms with Gasteiger partial charge in [-0.2, -0.15) is 0 Å². The quantitative estimate of drug-likeness (QED) is 0.598. The zero-order valence-corrected chi connectivity index (χ0v) is 8.99. The average Bonchev–Trinajstić information content (AvgIpc) is 2.18. The van der Waals surface area contributed by atoms with Crippen molar-refractivity contribution in [2.24, 2.45) is 5.73 Å². The van der Waals surface area contributed by atoms with Crippen molar-refractivity contribution >= 4 is 11.4 Å². The predicted molar refractivity (Wildman–Crippen MR) is 58.8 cm³/mol. The van der Waals surface area contributed by atoms with Gasteiger partial charge in [0, 0.05) is 18.2 Å². The Labute approximate surface area is 96.0 Å². The van der Waals surface area contributed by atoms with E-state index in [1.807, 2.05) is 0 Å². The normalized spacial score (nSPS) is 12.1. The molecule has 0 radical (unpaired) electrons. The molecule has 1 rings (SSSR count). The van der Waals surface area contributed by atoms with Crippen LogP contribution in [0.3, 0.4) is 0 Å². The van der Waals surface area contributed by atoms with Crippen LogP contribution < -0.4 is 5.73 Å². The molecule has 8 heteroatoms. The van der Waals surface area contributed by atoms with Gasteiger partial charge in [-0.15, -0.1) is 0 Å². The zero-order valence-electron chi connectivity index (χ0n) is 8.99. The lowest BCUT2D eigenvalue weighted by atomic mass is 10.1. The summed E-state index contributed by atoms with van der Waals surface area (Å²) < 4.78 is 0. The van der Waals surface area contributed by atoms with Gasteiger partial charge < -0.3 is 10.8 Å². The highest BCUT2D eigenvalue weighted by Crippen LogP contribution is 2.36. The Hall–Kier alpha value is -2.22. The van der Waals surface area contributed by atoms with Crippen molar-refractivity contribution in [1.82, 2.24) is 0 Å². The van der Waals surface area contributed by atoms with E-state index in [9.17, 15) is 25.3 Å². The number of benzene rings is 1. The second-order valence-corrected chi connectivity index (χ2v) is 3.68. The molecule has 0 heterocycles. The van der Waals surface area contributed by atoms with Gasteiger partial charge in [-0.25, -0.2) is 0 Å². The molecule has 0 bridgehead atoms. The number of phenols is 1. The molecule has 0 aliphatic carbocycles. The molecule has 3 N–H and O–H groups in total. The van der Waals surface area contributed by atoms with Gasteiger partial charge in [-0.3, -0.25) is 20.2 Å². The number of phenolic OH excluding ortho intramolecular Hbond substituents is 1. The van der Waals surface area contributed by atoms with E-state index in [0.29, 0.717) is 5.56 Å². The van der Waals surface area contributed by atoms with Crippen LogP contribution in [0.5, 0.6) is 5.75 Å². The molecule has 0 aliphatic rings. The van der Waals surface area contributed by atoms with E-state index in [0.717, 1.165) is 12.1 Å². The molecule has 0 aliphatic heterocycles. The van der Waals surface area contributed by atoms with Gasteiger partial charge in [-0.1, -0.05) is 0 Å². The van der Waals surface area contributed by atoms with E-state index < -0.39 is 27.0 Å². The highest BCUT2D eigenvalue weighted by atomic mass is 16.6. The van der Waals surface area contributed by atoms with Crippen LogP contribution >= 0.6 is 0 Å². The fraction of sp³-hybridized carbons (Fsp3) is 0.333. The Balaban J connectivity index is 3.36. The minimum Gasteiger partial charge on any atom is -0.497 e. The minimum atomic E-state index is -0.937. The Morgan fingerprint density at radius 2 is 1.71 bits per heavy atom. The molecule has 1 atom stereocenters. The van der Waals surface area contributed by atoms with Crippen molar-refractivity contribution in [1.29, 1.82) is 0 Å². The Morgan fingerprint density at radius 1 is 1.29 bits per heavy atom. The fourth-order valence-electron chi connectivity index (χ4n) is 1.43. The summed E-state index contributed by atoms with van der Waals surface area (Å²) in [6.45, 7) is 1.67. The molecule has 0 spiro atoms. The topological polar surface area (TPSA) is 133 Å². The van der Waals surface area contributed by atoms with Crippen molar-refractivity contribution in [2.45, 2.75) is 19.4 Å². The van der Waals surface area contributed by atoms with Crippen LogP contribution in [-0.4, -0.2) is 21.0 Å². The third-order valence-corrected chi connectivity index (χ3v) is 2.08. The molecule has 0 unspecified atom stereocenters. The standard InChI is InChI=1S/C9H11N3O5/c1-5(10)2-6-3-7(11(14)15)9(13)8(4-6)12(16)17/h3-5,13H,2,10H2,1H3/t5-/m1/s1. The predicted octanol–water partition coefficient (Wildman–Crippen LogP) is 1.10. The van der Waals surface area contributed by atoms with Crippen LogP contribution in [0.25, 0.3) is 0 Å². The summed E-state index contributed by atoms with van der Waals surface area (Å²) in [5, 5.41) is 30.6. The SMILES string of the molecule is C[C@@H](N)Cc1cc([N+](=O)[O-])c(O)c([N+](=O)[O-])c1. The van der Waals surface area contributed by atoms with Crippen molar-refractivity contribution in [3.05, 3.63) is 37.9 Å². The van der Waals surface area contributed by atoms with Gasteiger partial charge in [0.1, 0.15) is 0 Å². The molecule has 0 amide bonds. The molecule has 0 aromatic heterocycles. The third kappa shape index (κ3) is 2.88. The van der Waals surface area contributed by atoms with Crippen LogP contribution in [0.15, 0.2) is 12.1 Å². The van der Waals surface area contributed by atoms with Gasteiger partial charge in [0.15, 0.2) is 0 Å². The third-order valence-electron chi connectivity index (χ3n) is 2.08. The second kappa shape index (κ2) is 4.74. The smallest absolute Gasteiger partial charge is 0.318 e. The molecule has 17 heavy (non-hydrogen) atoms. The molecule has 1 aromatic carbocycles. The highest BCUT2D eigenvalue weighted by molar-refractivity contribution is 5.61. The van der Waals surface area contributed by atoms with Gasteiger partial charge >= 0.3 is 11.4 Å². The summed E-state index contributed by atoms with van der Waals surface area (Å²) in [7, 11) is 0. The van der Waals surface area contributed by atoms with Crippen molar-refractivity contribution < 1.29 is 15.0 Å².